The minimum Gasteiger partial charge on any atom is -0.346 e. The van der Waals surface area contributed by atoms with Gasteiger partial charge in [-0.1, -0.05) is 29.3 Å². The van der Waals surface area contributed by atoms with Crippen molar-refractivity contribution in [3.63, 3.8) is 0 Å². The van der Waals surface area contributed by atoms with E-state index >= 15 is 0 Å². The molecule has 1 aliphatic heterocycles. The zero-order valence-electron chi connectivity index (χ0n) is 13.3. The summed E-state index contributed by atoms with van der Waals surface area (Å²) in [5.41, 5.74) is 5.44. The van der Waals surface area contributed by atoms with Crippen LogP contribution in [-0.2, 0) is 9.59 Å². The summed E-state index contributed by atoms with van der Waals surface area (Å²) in [6.07, 6.45) is 0. The number of nitrogens with two attached hydrogens (primary N) is 1. The summed E-state index contributed by atoms with van der Waals surface area (Å²) in [5, 5.41) is 3.04. The van der Waals surface area contributed by atoms with Crippen LogP contribution in [0.3, 0.4) is 0 Å². The summed E-state index contributed by atoms with van der Waals surface area (Å²) in [6, 6.07) is 4.90. The largest absolute Gasteiger partial charge is 0.346 e. The number of nitrogens with zero attached hydrogens (tertiary/aromatic N) is 2. The molecule has 1 saturated heterocycles. The molecule has 2 rings (SSSR count). The molecule has 0 radical (unpaired) electrons. The highest BCUT2D eigenvalue weighted by Crippen LogP contribution is 2.26. The average Bonchev–Trinajstić information content (AvgIpc) is 2.59. The number of amides is 3. The number of carbonyl (C=O) groups excluding carboxylic acids is 3. The predicted molar refractivity (Wildman–Crippen MR) is 98.3 cm³/mol. The number of carbonyl (C=O) groups is 3. The Morgan fingerprint density at radius 2 is 1.56 bits per heavy atom. The van der Waals surface area contributed by atoms with E-state index in [1.807, 2.05) is 0 Å². The molecule has 1 fully saturated rings. The number of halogens is 3. The van der Waals surface area contributed by atoms with E-state index in [0.717, 1.165) is 0 Å². The maximum atomic E-state index is 12.6. The van der Waals surface area contributed by atoms with Crippen molar-refractivity contribution in [3.8, 4) is 0 Å². The summed E-state index contributed by atoms with van der Waals surface area (Å²) in [6.45, 7) is 1.25. The lowest BCUT2D eigenvalue weighted by Crippen LogP contribution is -2.53. The Morgan fingerprint density at radius 1 is 1.04 bits per heavy atom. The second-order valence-electron chi connectivity index (χ2n) is 5.25. The standard InChI is InChI=1S/C15H18Cl2N4O3.ClH/c16-10-2-1-3-11(17)14(10)15(24)21-6-4-20(5-7-21)13(23)9-19-12(22)8-18;/h1-3H,4-9,18H2,(H,19,22);1H. The van der Waals surface area contributed by atoms with Crippen LogP contribution in [0.5, 0.6) is 0 Å². The third kappa shape index (κ3) is 5.47. The first-order chi connectivity index (χ1) is 11.4. The van der Waals surface area contributed by atoms with Crippen LogP contribution in [-0.4, -0.2) is 66.8 Å². The molecule has 0 unspecified atom stereocenters. The molecule has 0 aliphatic carbocycles. The molecular formula is C15H19Cl3N4O3. The first-order valence-electron chi connectivity index (χ1n) is 7.42. The molecule has 3 N–H and O–H groups in total. The Kier molecular flexibility index (Phi) is 8.44. The van der Waals surface area contributed by atoms with E-state index in [4.69, 9.17) is 28.9 Å². The molecule has 0 bridgehead atoms. The Balaban J connectivity index is 0.00000312. The number of piperazine rings is 1. The zero-order valence-corrected chi connectivity index (χ0v) is 15.7. The predicted octanol–water partition coefficient (Wildman–Crippen LogP) is 0.775. The fourth-order valence-electron chi connectivity index (χ4n) is 2.38. The van der Waals surface area contributed by atoms with Gasteiger partial charge >= 0.3 is 0 Å². The zero-order chi connectivity index (χ0) is 17.7. The summed E-state index contributed by atoms with van der Waals surface area (Å²) in [4.78, 5) is 38.8. The fraction of sp³-hybridized carbons (Fsp3) is 0.400. The molecule has 1 aromatic rings. The second kappa shape index (κ2) is 9.82. The number of rotatable bonds is 4. The molecule has 0 saturated carbocycles. The highest BCUT2D eigenvalue weighted by Gasteiger charge is 2.27. The number of hydrogen-bond donors (Lipinski definition) is 2. The number of nitrogens with one attached hydrogen (secondary N) is 1. The van der Waals surface area contributed by atoms with Crippen molar-refractivity contribution in [2.24, 2.45) is 5.73 Å². The van der Waals surface area contributed by atoms with Gasteiger partial charge in [0.1, 0.15) is 0 Å². The molecule has 0 spiro atoms. The van der Waals surface area contributed by atoms with Gasteiger partial charge in [0.05, 0.1) is 28.7 Å². The minimum atomic E-state index is -0.384. The molecule has 7 nitrogen and oxygen atoms in total. The normalized spacial score (nSPS) is 13.9. The van der Waals surface area contributed by atoms with Gasteiger partial charge in [-0.3, -0.25) is 14.4 Å². The Morgan fingerprint density at radius 3 is 2.08 bits per heavy atom. The van der Waals surface area contributed by atoms with Gasteiger partial charge in [-0.25, -0.2) is 0 Å². The van der Waals surface area contributed by atoms with Gasteiger partial charge in [0.25, 0.3) is 5.91 Å². The first-order valence-corrected chi connectivity index (χ1v) is 8.17. The highest BCUT2D eigenvalue weighted by atomic mass is 35.5. The van der Waals surface area contributed by atoms with Gasteiger partial charge in [-0.05, 0) is 12.1 Å². The SMILES string of the molecule is Cl.NCC(=O)NCC(=O)N1CCN(C(=O)c2c(Cl)cccc2Cl)CC1. The van der Waals surface area contributed by atoms with Crippen molar-refractivity contribution in [3.05, 3.63) is 33.8 Å². The van der Waals surface area contributed by atoms with Crippen LogP contribution in [0, 0.1) is 0 Å². The topological polar surface area (TPSA) is 95.7 Å². The van der Waals surface area contributed by atoms with Crippen molar-refractivity contribution >= 4 is 53.3 Å². The van der Waals surface area contributed by atoms with E-state index in [9.17, 15) is 14.4 Å². The van der Waals surface area contributed by atoms with E-state index in [0.29, 0.717) is 36.2 Å². The van der Waals surface area contributed by atoms with Crippen molar-refractivity contribution < 1.29 is 14.4 Å². The quantitative estimate of drug-likeness (QED) is 0.768. The van der Waals surface area contributed by atoms with Crippen LogP contribution in [0.1, 0.15) is 10.4 Å². The smallest absolute Gasteiger partial charge is 0.257 e. The van der Waals surface area contributed by atoms with E-state index in [1.165, 1.54) is 0 Å². The minimum absolute atomic E-state index is 0. The maximum absolute atomic E-state index is 12.6. The highest BCUT2D eigenvalue weighted by molar-refractivity contribution is 6.39. The number of hydrogen-bond acceptors (Lipinski definition) is 4. The monoisotopic (exact) mass is 408 g/mol. The molecule has 0 aromatic heterocycles. The van der Waals surface area contributed by atoms with E-state index in [2.05, 4.69) is 5.32 Å². The molecule has 1 heterocycles. The van der Waals surface area contributed by atoms with Crippen LogP contribution in [0.25, 0.3) is 0 Å². The lowest BCUT2D eigenvalue weighted by atomic mass is 10.1. The number of benzene rings is 1. The van der Waals surface area contributed by atoms with Gasteiger partial charge in [-0.15, -0.1) is 12.4 Å². The van der Waals surface area contributed by atoms with Crippen molar-refractivity contribution in [1.82, 2.24) is 15.1 Å². The molecule has 1 aliphatic rings. The van der Waals surface area contributed by atoms with Gasteiger partial charge in [0, 0.05) is 26.2 Å². The van der Waals surface area contributed by atoms with Gasteiger partial charge in [0.2, 0.25) is 11.8 Å². The maximum Gasteiger partial charge on any atom is 0.257 e. The fourth-order valence-corrected chi connectivity index (χ4v) is 2.94. The van der Waals surface area contributed by atoms with Crippen molar-refractivity contribution in [2.45, 2.75) is 0 Å². The molecule has 138 valence electrons. The lowest BCUT2D eigenvalue weighted by molar-refractivity contribution is -0.133. The van der Waals surface area contributed by atoms with Crippen LogP contribution >= 0.6 is 35.6 Å². The van der Waals surface area contributed by atoms with Crippen molar-refractivity contribution in [1.29, 1.82) is 0 Å². The van der Waals surface area contributed by atoms with Crippen LogP contribution < -0.4 is 11.1 Å². The molecule has 1 aromatic carbocycles. The summed E-state index contributed by atoms with van der Waals surface area (Å²) in [7, 11) is 0. The summed E-state index contributed by atoms with van der Waals surface area (Å²) in [5.74, 6) is -0.848. The van der Waals surface area contributed by atoms with E-state index < -0.39 is 0 Å². The van der Waals surface area contributed by atoms with E-state index in [1.54, 1.807) is 28.0 Å². The molecule has 3 amide bonds. The van der Waals surface area contributed by atoms with Gasteiger partial charge < -0.3 is 20.9 Å². The Labute approximate surface area is 161 Å². The molecule has 25 heavy (non-hydrogen) atoms. The van der Waals surface area contributed by atoms with E-state index in [-0.39, 0.29) is 48.8 Å². The van der Waals surface area contributed by atoms with Gasteiger partial charge in [0.15, 0.2) is 0 Å². The Hall–Kier alpha value is -1.54. The third-order valence-electron chi connectivity index (χ3n) is 3.72. The lowest BCUT2D eigenvalue weighted by Gasteiger charge is -2.35. The van der Waals surface area contributed by atoms with Crippen LogP contribution in [0.2, 0.25) is 10.0 Å². The van der Waals surface area contributed by atoms with Crippen LogP contribution in [0.15, 0.2) is 18.2 Å². The summed E-state index contributed by atoms with van der Waals surface area (Å²) < 4.78 is 0. The third-order valence-corrected chi connectivity index (χ3v) is 4.35. The average molecular weight is 410 g/mol. The van der Waals surface area contributed by atoms with Gasteiger partial charge in [-0.2, -0.15) is 0 Å². The molecule has 0 atom stereocenters. The van der Waals surface area contributed by atoms with Crippen LogP contribution in [0.4, 0.5) is 0 Å². The summed E-state index contributed by atoms with van der Waals surface area (Å²) >= 11 is 12.1. The van der Waals surface area contributed by atoms with Crippen molar-refractivity contribution in [2.75, 3.05) is 39.3 Å². The molecular weight excluding hydrogens is 391 g/mol. The Bertz CT molecular complexity index is 629. The second-order valence-corrected chi connectivity index (χ2v) is 6.06. The molecule has 10 heteroatoms. The first kappa shape index (κ1) is 21.5.